The average molecular weight is 507 g/mol. The number of benzene rings is 3. The summed E-state index contributed by atoms with van der Waals surface area (Å²) in [6.07, 6.45) is 0.0646. The van der Waals surface area contributed by atoms with Crippen LogP contribution in [0.25, 0.3) is 11.1 Å². The average Bonchev–Trinajstić information content (AvgIpc) is 2.86. The number of carbonyl (C=O) groups excluding carboxylic acids is 1. The Morgan fingerprint density at radius 1 is 1.00 bits per heavy atom. The SMILES string of the molecule is CCN(CC)C(=O)COc1cc(C)c(-c2cccc(CNc3ccc(CCC(=O)O)c(F)c3)c2)c(C)c1. The Morgan fingerprint density at radius 3 is 2.32 bits per heavy atom. The second kappa shape index (κ2) is 12.9. The van der Waals surface area contributed by atoms with E-state index in [1.165, 1.54) is 6.07 Å². The van der Waals surface area contributed by atoms with Gasteiger partial charge in [0.1, 0.15) is 11.6 Å². The standard InChI is InChI=1S/C30H35FN2O4/c1-5-33(6-2)28(34)19-37-26-14-20(3)30(21(4)15-26)24-9-7-8-22(16-24)18-32-25-12-10-23(27(31)17-25)11-13-29(35)36/h7-10,12,14-17,32H,5-6,11,13,18-19H2,1-4H3,(H,35,36). The monoisotopic (exact) mass is 506 g/mol. The minimum absolute atomic E-state index is 0.0161. The zero-order valence-electron chi connectivity index (χ0n) is 21.9. The maximum Gasteiger partial charge on any atom is 0.303 e. The van der Waals surface area contributed by atoms with E-state index in [1.807, 2.05) is 52.0 Å². The fourth-order valence-electron chi connectivity index (χ4n) is 4.42. The zero-order chi connectivity index (χ0) is 26.9. The number of aryl methyl sites for hydroxylation is 3. The fourth-order valence-corrected chi connectivity index (χ4v) is 4.42. The third-order valence-electron chi connectivity index (χ3n) is 6.36. The second-order valence-electron chi connectivity index (χ2n) is 9.04. The van der Waals surface area contributed by atoms with Gasteiger partial charge < -0.3 is 20.1 Å². The quantitative estimate of drug-likeness (QED) is 0.316. The number of amides is 1. The molecule has 0 fully saturated rings. The summed E-state index contributed by atoms with van der Waals surface area (Å²) in [6, 6.07) is 16.9. The Balaban J connectivity index is 1.69. The van der Waals surface area contributed by atoms with E-state index in [0.717, 1.165) is 27.8 Å². The van der Waals surface area contributed by atoms with Crippen LogP contribution in [-0.2, 0) is 22.6 Å². The van der Waals surface area contributed by atoms with Gasteiger partial charge in [0.25, 0.3) is 5.91 Å². The lowest BCUT2D eigenvalue weighted by molar-refractivity contribution is -0.137. The molecule has 0 aliphatic rings. The maximum absolute atomic E-state index is 14.3. The Labute approximate surface area is 218 Å². The summed E-state index contributed by atoms with van der Waals surface area (Å²) in [4.78, 5) is 24.8. The zero-order valence-corrected chi connectivity index (χ0v) is 21.9. The first-order valence-corrected chi connectivity index (χ1v) is 12.6. The minimum atomic E-state index is -0.945. The van der Waals surface area contributed by atoms with Gasteiger partial charge in [-0.25, -0.2) is 4.39 Å². The molecule has 7 heteroatoms. The predicted molar refractivity (Wildman–Crippen MR) is 144 cm³/mol. The van der Waals surface area contributed by atoms with Crippen LogP contribution in [0.4, 0.5) is 10.1 Å². The van der Waals surface area contributed by atoms with E-state index in [-0.39, 0.29) is 25.4 Å². The third kappa shape index (κ3) is 7.56. The molecule has 0 spiro atoms. The Hall–Kier alpha value is -3.87. The number of ether oxygens (including phenoxy) is 1. The van der Waals surface area contributed by atoms with Gasteiger partial charge >= 0.3 is 5.97 Å². The van der Waals surface area contributed by atoms with Crippen LogP contribution in [0.3, 0.4) is 0 Å². The Kier molecular flexibility index (Phi) is 9.66. The lowest BCUT2D eigenvalue weighted by atomic mass is 9.94. The van der Waals surface area contributed by atoms with Gasteiger partial charge in [-0.2, -0.15) is 0 Å². The number of hydrogen-bond donors (Lipinski definition) is 2. The van der Waals surface area contributed by atoms with Gasteiger partial charge in [0.05, 0.1) is 0 Å². The summed E-state index contributed by atoms with van der Waals surface area (Å²) in [5.74, 6) is -0.711. The molecule has 0 radical (unpaired) electrons. The fraction of sp³-hybridized carbons (Fsp3) is 0.333. The van der Waals surface area contributed by atoms with Crippen LogP contribution in [0.1, 0.15) is 42.5 Å². The lowest BCUT2D eigenvalue weighted by Crippen LogP contribution is -2.34. The summed E-state index contributed by atoms with van der Waals surface area (Å²) < 4.78 is 20.1. The van der Waals surface area contributed by atoms with Gasteiger partial charge in [-0.1, -0.05) is 24.3 Å². The molecule has 0 heterocycles. The van der Waals surface area contributed by atoms with Crippen molar-refractivity contribution in [2.45, 2.75) is 47.1 Å². The van der Waals surface area contributed by atoms with Crippen LogP contribution in [0, 0.1) is 19.7 Å². The number of anilines is 1. The van der Waals surface area contributed by atoms with Gasteiger partial charge in [-0.15, -0.1) is 0 Å². The van der Waals surface area contributed by atoms with E-state index in [4.69, 9.17) is 9.84 Å². The summed E-state index contributed by atoms with van der Waals surface area (Å²) in [6.45, 7) is 9.81. The highest BCUT2D eigenvalue weighted by Gasteiger charge is 2.13. The van der Waals surface area contributed by atoms with Crippen molar-refractivity contribution in [3.05, 3.63) is 82.7 Å². The molecule has 0 aliphatic carbocycles. The molecule has 0 bridgehead atoms. The molecule has 37 heavy (non-hydrogen) atoms. The summed E-state index contributed by atoms with van der Waals surface area (Å²) in [5.41, 5.74) is 6.34. The van der Waals surface area contributed by atoms with Crippen molar-refractivity contribution in [2.24, 2.45) is 0 Å². The number of nitrogens with zero attached hydrogens (tertiary/aromatic N) is 1. The van der Waals surface area contributed by atoms with Crippen LogP contribution in [0.2, 0.25) is 0 Å². The number of nitrogens with one attached hydrogen (secondary N) is 1. The molecule has 2 N–H and O–H groups in total. The number of likely N-dealkylation sites (N-methyl/N-ethyl adjacent to an activating group) is 1. The first-order chi connectivity index (χ1) is 17.7. The molecule has 0 unspecified atom stereocenters. The van der Waals surface area contributed by atoms with Crippen LogP contribution >= 0.6 is 0 Å². The molecule has 0 atom stereocenters. The van der Waals surface area contributed by atoms with E-state index in [0.29, 0.717) is 36.6 Å². The van der Waals surface area contributed by atoms with Gasteiger partial charge in [0.15, 0.2) is 6.61 Å². The van der Waals surface area contributed by atoms with Crippen molar-refractivity contribution in [2.75, 3.05) is 25.0 Å². The maximum atomic E-state index is 14.3. The highest BCUT2D eigenvalue weighted by atomic mass is 19.1. The van der Waals surface area contributed by atoms with Crippen LogP contribution < -0.4 is 10.1 Å². The van der Waals surface area contributed by atoms with E-state index >= 15 is 0 Å². The van der Waals surface area contributed by atoms with Crippen LogP contribution in [0.5, 0.6) is 5.75 Å². The molecule has 0 aliphatic heterocycles. The number of halogens is 1. The first kappa shape index (κ1) is 27.7. The van der Waals surface area contributed by atoms with Crippen molar-refractivity contribution in [3.8, 4) is 16.9 Å². The number of carboxylic acid groups (broad SMARTS) is 1. The van der Waals surface area contributed by atoms with Crippen LogP contribution in [0.15, 0.2) is 54.6 Å². The molecular formula is C30H35FN2O4. The van der Waals surface area contributed by atoms with Gasteiger partial charge in [0, 0.05) is 31.7 Å². The molecule has 3 aromatic rings. The van der Waals surface area contributed by atoms with Gasteiger partial charge in [0.2, 0.25) is 0 Å². The van der Waals surface area contributed by atoms with Crippen molar-refractivity contribution < 1.29 is 23.8 Å². The molecule has 196 valence electrons. The molecule has 3 aromatic carbocycles. The Morgan fingerprint density at radius 2 is 1.70 bits per heavy atom. The first-order valence-electron chi connectivity index (χ1n) is 12.6. The van der Waals surface area contributed by atoms with Crippen molar-refractivity contribution in [1.29, 1.82) is 0 Å². The lowest BCUT2D eigenvalue weighted by Gasteiger charge is -2.19. The number of hydrogen-bond acceptors (Lipinski definition) is 4. The molecule has 3 rings (SSSR count). The Bertz CT molecular complexity index is 1230. The molecular weight excluding hydrogens is 471 g/mol. The van der Waals surface area contributed by atoms with Crippen molar-refractivity contribution in [1.82, 2.24) is 4.90 Å². The predicted octanol–water partition coefficient (Wildman–Crippen LogP) is 5.99. The number of carboxylic acids is 1. The van der Waals surface area contributed by atoms with Crippen molar-refractivity contribution in [3.63, 3.8) is 0 Å². The van der Waals surface area contributed by atoms with Crippen molar-refractivity contribution >= 4 is 17.6 Å². The summed E-state index contributed by atoms with van der Waals surface area (Å²) in [7, 11) is 0. The highest BCUT2D eigenvalue weighted by molar-refractivity contribution is 5.78. The summed E-state index contributed by atoms with van der Waals surface area (Å²) in [5, 5.41) is 12.1. The molecule has 1 amide bonds. The summed E-state index contributed by atoms with van der Waals surface area (Å²) >= 11 is 0. The third-order valence-corrected chi connectivity index (χ3v) is 6.36. The molecule has 0 aromatic heterocycles. The number of aliphatic carboxylic acids is 1. The van der Waals surface area contributed by atoms with Gasteiger partial charge in [-0.3, -0.25) is 9.59 Å². The minimum Gasteiger partial charge on any atom is -0.484 e. The number of carbonyl (C=O) groups is 2. The topological polar surface area (TPSA) is 78.9 Å². The normalized spacial score (nSPS) is 10.7. The molecule has 0 saturated heterocycles. The van der Waals surface area contributed by atoms with E-state index in [9.17, 15) is 14.0 Å². The van der Waals surface area contributed by atoms with E-state index in [1.54, 1.807) is 17.0 Å². The highest BCUT2D eigenvalue weighted by Crippen LogP contribution is 2.32. The number of rotatable bonds is 12. The largest absolute Gasteiger partial charge is 0.484 e. The second-order valence-corrected chi connectivity index (χ2v) is 9.04. The van der Waals surface area contributed by atoms with E-state index in [2.05, 4.69) is 17.4 Å². The molecule has 0 saturated carbocycles. The molecule has 6 nitrogen and oxygen atoms in total. The van der Waals surface area contributed by atoms with Crippen LogP contribution in [-0.4, -0.2) is 41.6 Å². The van der Waals surface area contributed by atoms with E-state index < -0.39 is 11.8 Å². The van der Waals surface area contributed by atoms with Gasteiger partial charge in [-0.05, 0) is 97.8 Å². The smallest absolute Gasteiger partial charge is 0.303 e.